The van der Waals surface area contributed by atoms with Crippen molar-refractivity contribution in [1.82, 2.24) is 10.6 Å². The Morgan fingerprint density at radius 3 is 2.52 bits per heavy atom. The van der Waals surface area contributed by atoms with Crippen LogP contribution in [0.15, 0.2) is 29.5 Å². The van der Waals surface area contributed by atoms with Gasteiger partial charge in [0.2, 0.25) is 0 Å². The SMILES string of the molecule is CCOC(=O)C1=C(C)NC(=O)N[C@H]1c1ccc(OC)c(C[NH+](CC)CC)c1. The molecule has 7 heteroatoms. The van der Waals surface area contributed by atoms with Crippen molar-refractivity contribution in [3.8, 4) is 5.75 Å². The molecule has 0 aliphatic carbocycles. The molecule has 7 nitrogen and oxygen atoms in total. The molecule has 0 saturated carbocycles. The number of esters is 1. The summed E-state index contributed by atoms with van der Waals surface area (Å²) < 4.78 is 10.7. The van der Waals surface area contributed by atoms with Crippen LogP contribution in [0.4, 0.5) is 4.79 Å². The van der Waals surface area contributed by atoms with Crippen molar-refractivity contribution in [3.63, 3.8) is 0 Å². The Hall–Kier alpha value is -2.54. The van der Waals surface area contributed by atoms with Crippen LogP contribution in [0.3, 0.4) is 0 Å². The van der Waals surface area contributed by atoms with E-state index >= 15 is 0 Å². The standard InChI is InChI=1S/C20H29N3O4/c1-6-23(7-2)12-15-11-14(9-10-16(15)26-5)18-17(19(24)27-8-3)13(4)21-20(25)22-18/h9-11,18H,6-8,12H2,1-5H3,(H2,21,22,25)/p+1/t18-/m0/s1. The highest BCUT2D eigenvalue weighted by molar-refractivity contribution is 5.95. The Balaban J connectivity index is 2.46. The monoisotopic (exact) mass is 376 g/mol. The zero-order valence-corrected chi connectivity index (χ0v) is 16.8. The highest BCUT2D eigenvalue weighted by atomic mass is 16.5. The molecule has 1 aliphatic heterocycles. The summed E-state index contributed by atoms with van der Waals surface area (Å²) in [5.41, 5.74) is 2.80. The topological polar surface area (TPSA) is 81.1 Å². The zero-order valence-electron chi connectivity index (χ0n) is 16.8. The first kappa shape index (κ1) is 20.8. The van der Waals surface area contributed by atoms with Gasteiger partial charge >= 0.3 is 12.0 Å². The Labute approximate surface area is 160 Å². The molecule has 1 aliphatic rings. The summed E-state index contributed by atoms with van der Waals surface area (Å²) in [6, 6.07) is 4.88. The summed E-state index contributed by atoms with van der Waals surface area (Å²) >= 11 is 0. The second-order valence-electron chi connectivity index (χ2n) is 6.50. The average molecular weight is 376 g/mol. The van der Waals surface area contributed by atoms with Gasteiger partial charge in [-0.15, -0.1) is 0 Å². The first-order valence-corrected chi connectivity index (χ1v) is 9.40. The van der Waals surface area contributed by atoms with Crippen LogP contribution in [0.5, 0.6) is 5.75 Å². The number of hydrogen-bond acceptors (Lipinski definition) is 4. The summed E-state index contributed by atoms with van der Waals surface area (Å²) in [4.78, 5) is 25.9. The fourth-order valence-electron chi connectivity index (χ4n) is 3.31. The van der Waals surface area contributed by atoms with E-state index in [0.29, 0.717) is 11.3 Å². The van der Waals surface area contributed by atoms with E-state index in [-0.39, 0.29) is 12.6 Å². The number of rotatable bonds is 8. The first-order chi connectivity index (χ1) is 12.9. The number of quaternary nitrogens is 1. The van der Waals surface area contributed by atoms with Crippen molar-refractivity contribution >= 4 is 12.0 Å². The van der Waals surface area contributed by atoms with Crippen LogP contribution in [0.25, 0.3) is 0 Å². The van der Waals surface area contributed by atoms with Gasteiger partial charge < -0.3 is 25.0 Å². The predicted molar refractivity (Wildman–Crippen MR) is 102 cm³/mol. The number of amides is 2. The molecule has 3 N–H and O–H groups in total. The van der Waals surface area contributed by atoms with Crippen molar-refractivity contribution in [3.05, 3.63) is 40.6 Å². The number of carbonyl (C=O) groups is 2. The molecule has 27 heavy (non-hydrogen) atoms. The number of methoxy groups -OCH3 is 1. The highest BCUT2D eigenvalue weighted by Crippen LogP contribution is 2.30. The number of urea groups is 1. The zero-order chi connectivity index (χ0) is 20.0. The van der Waals surface area contributed by atoms with E-state index in [1.165, 1.54) is 4.90 Å². The van der Waals surface area contributed by atoms with Crippen molar-refractivity contribution in [2.24, 2.45) is 0 Å². The average Bonchev–Trinajstić information content (AvgIpc) is 2.65. The van der Waals surface area contributed by atoms with Crippen LogP contribution >= 0.6 is 0 Å². The largest absolute Gasteiger partial charge is 0.496 e. The molecule has 0 bridgehead atoms. The maximum Gasteiger partial charge on any atom is 0.338 e. The molecular formula is C20H30N3O4+. The van der Waals surface area contributed by atoms with E-state index in [0.717, 1.165) is 36.5 Å². The lowest BCUT2D eigenvalue weighted by molar-refractivity contribution is -0.910. The quantitative estimate of drug-likeness (QED) is 0.598. The van der Waals surface area contributed by atoms with E-state index in [2.05, 4.69) is 24.5 Å². The number of hydrogen-bond donors (Lipinski definition) is 3. The van der Waals surface area contributed by atoms with Gasteiger partial charge in [-0.1, -0.05) is 6.07 Å². The number of nitrogens with one attached hydrogen (secondary N) is 3. The van der Waals surface area contributed by atoms with Gasteiger partial charge in [0.15, 0.2) is 0 Å². The number of benzene rings is 1. The van der Waals surface area contributed by atoms with Gasteiger partial charge in [0.1, 0.15) is 12.3 Å². The van der Waals surface area contributed by atoms with E-state index < -0.39 is 12.0 Å². The number of ether oxygens (including phenoxy) is 2. The normalized spacial score (nSPS) is 16.8. The van der Waals surface area contributed by atoms with Crippen molar-refractivity contribution < 1.29 is 24.0 Å². The molecule has 0 radical (unpaired) electrons. The van der Waals surface area contributed by atoms with Crippen LogP contribution in [0.1, 0.15) is 44.9 Å². The van der Waals surface area contributed by atoms with Gasteiger partial charge in [0.05, 0.1) is 38.4 Å². The van der Waals surface area contributed by atoms with Gasteiger partial charge in [-0.3, -0.25) is 0 Å². The van der Waals surface area contributed by atoms with Crippen LogP contribution in [0, 0.1) is 0 Å². The lowest BCUT2D eigenvalue weighted by Gasteiger charge is -2.28. The molecule has 0 saturated heterocycles. The molecule has 2 rings (SSSR count). The third-order valence-corrected chi connectivity index (χ3v) is 4.84. The van der Waals surface area contributed by atoms with E-state index in [1.807, 2.05) is 18.2 Å². The maximum atomic E-state index is 12.5. The van der Waals surface area contributed by atoms with Gasteiger partial charge in [-0.2, -0.15) is 0 Å². The lowest BCUT2D eigenvalue weighted by Crippen LogP contribution is -3.10. The number of allylic oxidation sites excluding steroid dienone is 1. The summed E-state index contributed by atoms with van der Waals surface area (Å²) in [6.45, 7) is 10.8. The van der Waals surface area contributed by atoms with Crippen molar-refractivity contribution in [2.45, 2.75) is 40.3 Å². The van der Waals surface area contributed by atoms with Gasteiger partial charge in [0, 0.05) is 11.3 Å². The summed E-state index contributed by atoms with van der Waals surface area (Å²) in [5.74, 6) is 0.371. The van der Waals surface area contributed by atoms with E-state index in [9.17, 15) is 9.59 Å². The maximum absolute atomic E-state index is 12.5. The molecule has 1 atom stereocenters. The molecule has 2 amide bonds. The fraction of sp³-hybridized carbons (Fsp3) is 0.500. The number of carbonyl (C=O) groups excluding carboxylic acids is 2. The Bertz CT molecular complexity index is 726. The Morgan fingerprint density at radius 2 is 1.93 bits per heavy atom. The first-order valence-electron chi connectivity index (χ1n) is 9.40. The lowest BCUT2D eigenvalue weighted by atomic mass is 9.94. The molecule has 1 aromatic rings. The van der Waals surface area contributed by atoms with Gasteiger partial charge in [-0.05, 0) is 45.4 Å². The Morgan fingerprint density at radius 1 is 1.22 bits per heavy atom. The molecule has 1 aromatic carbocycles. The van der Waals surface area contributed by atoms with Gasteiger partial charge in [-0.25, -0.2) is 9.59 Å². The molecule has 0 fully saturated rings. The molecule has 0 unspecified atom stereocenters. The van der Waals surface area contributed by atoms with E-state index in [1.54, 1.807) is 21.0 Å². The minimum atomic E-state index is -0.561. The van der Waals surface area contributed by atoms with Crippen molar-refractivity contribution in [1.29, 1.82) is 0 Å². The minimum Gasteiger partial charge on any atom is -0.496 e. The van der Waals surface area contributed by atoms with Crippen LogP contribution < -0.4 is 20.3 Å². The van der Waals surface area contributed by atoms with Gasteiger partial charge in [0.25, 0.3) is 0 Å². The molecular weight excluding hydrogens is 346 g/mol. The predicted octanol–water partition coefficient (Wildman–Crippen LogP) is 1.31. The summed E-state index contributed by atoms with van der Waals surface area (Å²) in [5, 5.41) is 5.50. The second-order valence-corrected chi connectivity index (χ2v) is 6.50. The fourth-order valence-corrected chi connectivity index (χ4v) is 3.31. The van der Waals surface area contributed by atoms with Crippen LogP contribution in [0.2, 0.25) is 0 Å². The molecule has 148 valence electrons. The molecule has 0 spiro atoms. The molecule has 0 aromatic heterocycles. The molecule has 1 heterocycles. The minimum absolute atomic E-state index is 0.273. The summed E-state index contributed by atoms with van der Waals surface area (Å²) in [6.07, 6.45) is 0. The van der Waals surface area contributed by atoms with Crippen LogP contribution in [-0.2, 0) is 16.1 Å². The highest BCUT2D eigenvalue weighted by Gasteiger charge is 2.32. The summed E-state index contributed by atoms with van der Waals surface area (Å²) in [7, 11) is 1.65. The third kappa shape index (κ3) is 4.80. The third-order valence-electron chi connectivity index (χ3n) is 4.84. The second kappa shape index (κ2) is 9.41. The van der Waals surface area contributed by atoms with E-state index in [4.69, 9.17) is 9.47 Å². The van der Waals surface area contributed by atoms with Crippen molar-refractivity contribution in [2.75, 3.05) is 26.8 Å². The smallest absolute Gasteiger partial charge is 0.338 e. The Kier molecular flexibility index (Phi) is 7.24. The van der Waals surface area contributed by atoms with Crippen LogP contribution in [-0.4, -0.2) is 38.8 Å².